The standard InChI is InChI=1S/C10H6Cl2FN3/c1-5-2-3-6(4-7(5)13)8-14-9(11)16-10(12)15-8/h2-4H,1H3. The molecule has 0 saturated heterocycles. The van der Waals surface area contributed by atoms with Crippen molar-refractivity contribution >= 4 is 23.2 Å². The van der Waals surface area contributed by atoms with Crippen molar-refractivity contribution in [3.05, 3.63) is 40.1 Å². The van der Waals surface area contributed by atoms with Crippen LogP contribution in [0.4, 0.5) is 4.39 Å². The van der Waals surface area contributed by atoms with E-state index in [0.717, 1.165) is 0 Å². The molecular formula is C10H6Cl2FN3. The molecule has 0 atom stereocenters. The first-order valence-electron chi connectivity index (χ1n) is 4.40. The minimum atomic E-state index is -0.329. The third-order valence-corrected chi connectivity index (χ3v) is 2.35. The Morgan fingerprint density at radius 3 is 2.25 bits per heavy atom. The van der Waals surface area contributed by atoms with Gasteiger partial charge in [-0.1, -0.05) is 12.1 Å². The molecule has 3 nitrogen and oxygen atoms in total. The molecule has 0 spiro atoms. The van der Waals surface area contributed by atoms with Gasteiger partial charge in [-0.15, -0.1) is 0 Å². The van der Waals surface area contributed by atoms with Gasteiger partial charge in [0.2, 0.25) is 10.6 Å². The summed E-state index contributed by atoms with van der Waals surface area (Å²) in [7, 11) is 0. The lowest BCUT2D eigenvalue weighted by Crippen LogP contribution is -1.94. The van der Waals surface area contributed by atoms with Gasteiger partial charge in [0.25, 0.3) is 0 Å². The summed E-state index contributed by atoms with van der Waals surface area (Å²) in [5.41, 5.74) is 1.06. The van der Waals surface area contributed by atoms with Crippen molar-refractivity contribution < 1.29 is 4.39 Å². The lowest BCUT2D eigenvalue weighted by atomic mass is 10.1. The lowest BCUT2D eigenvalue weighted by molar-refractivity contribution is 0.619. The Bertz CT molecular complexity index is 525. The molecule has 0 bridgehead atoms. The molecule has 0 fully saturated rings. The van der Waals surface area contributed by atoms with E-state index in [1.807, 2.05) is 0 Å². The number of rotatable bonds is 1. The Hall–Kier alpha value is -1.26. The highest BCUT2D eigenvalue weighted by Gasteiger charge is 2.07. The average Bonchev–Trinajstić information content (AvgIpc) is 2.20. The minimum absolute atomic E-state index is 0.0176. The third-order valence-electron chi connectivity index (χ3n) is 2.01. The van der Waals surface area contributed by atoms with E-state index in [9.17, 15) is 4.39 Å². The molecule has 1 aromatic heterocycles. The summed E-state index contributed by atoms with van der Waals surface area (Å²) < 4.78 is 13.3. The maximum Gasteiger partial charge on any atom is 0.227 e. The van der Waals surface area contributed by atoms with Gasteiger partial charge in [-0.25, -0.2) is 4.39 Å². The van der Waals surface area contributed by atoms with Gasteiger partial charge >= 0.3 is 0 Å². The van der Waals surface area contributed by atoms with E-state index in [1.54, 1.807) is 19.1 Å². The van der Waals surface area contributed by atoms with Gasteiger partial charge in [0.1, 0.15) is 5.82 Å². The summed E-state index contributed by atoms with van der Waals surface area (Å²) in [6.45, 7) is 1.67. The van der Waals surface area contributed by atoms with Gasteiger partial charge in [0.15, 0.2) is 5.82 Å². The summed E-state index contributed by atoms with van der Waals surface area (Å²) in [6, 6.07) is 4.66. The summed E-state index contributed by atoms with van der Waals surface area (Å²) in [4.78, 5) is 11.3. The van der Waals surface area contributed by atoms with Gasteiger partial charge in [-0.3, -0.25) is 0 Å². The van der Waals surface area contributed by atoms with Gasteiger partial charge < -0.3 is 0 Å². The summed E-state index contributed by atoms with van der Waals surface area (Å²) in [5, 5.41) is -0.0352. The summed E-state index contributed by atoms with van der Waals surface area (Å²) in [5.74, 6) is -0.0749. The van der Waals surface area contributed by atoms with E-state index in [0.29, 0.717) is 11.1 Å². The van der Waals surface area contributed by atoms with Crippen LogP contribution in [0.25, 0.3) is 11.4 Å². The smallest absolute Gasteiger partial charge is 0.207 e. The molecule has 0 aliphatic carbocycles. The highest BCUT2D eigenvalue weighted by molar-refractivity contribution is 6.31. The third kappa shape index (κ3) is 2.28. The van der Waals surface area contributed by atoms with Gasteiger partial charge in [-0.2, -0.15) is 15.0 Å². The van der Waals surface area contributed by atoms with Crippen LogP contribution in [-0.2, 0) is 0 Å². The fraction of sp³-hybridized carbons (Fsp3) is 0.100. The van der Waals surface area contributed by atoms with E-state index in [2.05, 4.69) is 15.0 Å². The summed E-state index contributed by atoms with van der Waals surface area (Å²) in [6.07, 6.45) is 0. The van der Waals surface area contributed by atoms with Crippen LogP contribution in [0.3, 0.4) is 0 Å². The lowest BCUT2D eigenvalue weighted by Gasteiger charge is -2.02. The van der Waals surface area contributed by atoms with Crippen LogP contribution in [0.2, 0.25) is 10.6 Å². The van der Waals surface area contributed by atoms with Gasteiger partial charge in [0.05, 0.1) is 0 Å². The Labute approximate surface area is 101 Å². The van der Waals surface area contributed by atoms with Crippen molar-refractivity contribution in [2.75, 3.05) is 0 Å². The normalized spacial score (nSPS) is 10.5. The number of hydrogen-bond donors (Lipinski definition) is 0. The Morgan fingerprint density at radius 1 is 1.06 bits per heavy atom. The highest BCUT2D eigenvalue weighted by Crippen LogP contribution is 2.20. The van der Waals surface area contributed by atoms with E-state index in [1.165, 1.54) is 6.07 Å². The first-order valence-corrected chi connectivity index (χ1v) is 5.15. The van der Waals surface area contributed by atoms with Gasteiger partial charge in [0, 0.05) is 5.56 Å². The second-order valence-corrected chi connectivity index (χ2v) is 3.84. The van der Waals surface area contributed by atoms with Crippen molar-refractivity contribution in [2.24, 2.45) is 0 Å². The zero-order valence-corrected chi connectivity index (χ0v) is 9.72. The topological polar surface area (TPSA) is 38.7 Å². The zero-order chi connectivity index (χ0) is 11.7. The Morgan fingerprint density at radius 2 is 1.69 bits per heavy atom. The second kappa shape index (κ2) is 4.31. The van der Waals surface area contributed by atoms with Crippen LogP contribution in [-0.4, -0.2) is 15.0 Å². The second-order valence-electron chi connectivity index (χ2n) is 3.16. The molecule has 6 heteroatoms. The molecule has 2 rings (SSSR count). The van der Waals surface area contributed by atoms with Crippen molar-refractivity contribution in [3.8, 4) is 11.4 Å². The van der Waals surface area contributed by atoms with E-state index >= 15 is 0 Å². The molecule has 0 amide bonds. The molecular weight excluding hydrogens is 252 g/mol. The molecule has 1 heterocycles. The predicted molar refractivity (Wildman–Crippen MR) is 60.0 cm³/mol. The van der Waals surface area contributed by atoms with Crippen molar-refractivity contribution in [2.45, 2.75) is 6.92 Å². The van der Waals surface area contributed by atoms with Crippen LogP contribution in [0, 0.1) is 12.7 Å². The molecule has 16 heavy (non-hydrogen) atoms. The molecule has 0 aliphatic heterocycles. The van der Waals surface area contributed by atoms with E-state index in [-0.39, 0.29) is 22.2 Å². The first kappa shape index (κ1) is 11.2. The highest BCUT2D eigenvalue weighted by atomic mass is 35.5. The fourth-order valence-corrected chi connectivity index (χ4v) is 1.55. The number of nitrogens with zero attached hydrogens (tertiary/aromatic N) is 3. The number of benzene rings is 1. The van der Waals surface area contributed by atoms with Crippen molar-refractivity contribution in [3.63, 3.8) is 0 Å². The largest absolute Gasteiger partial charge is 0.227 e. The quantitative estimate of drug-likeness (QED) is 0.787. The molecule has 0 unspecified atom stereocenters. The van der Waals surface area contributed by atoms with Crippen LogP contribution >= 0.6 is 23.2 Å². The molecule has 0 radical (unpaired) electrons. The van der Waals surface area contributed by atoms with Crippen LogP contribution in [0.1, 0.15) is 5.56 Å². The van der Waals surface area contributed by atoms with Crippen molar-refractivity contribution in [1.82, 2.24) is 15.0 Å². The van der Waals surface area contributed by atoms with Crippen LogP contribution < -0.4 is 0 Å². The predicted octanol–water partition coefficient (Wildman–Crippen LogP) is 3.29. The molecule has 82 valence electrons. The zero-order valence-electron chi connectivity index (χ0n) is 8.21. The van der Waals surface area contributed by atoms with Gasteiger partial charge in [-0.05, 0) is 41.8 Å². The SMILES string of the molecule is Cc1ccc(-c2nc(Cl)nc(Cl)n2)cc1F. The molecule has 2 aromatic rings. The number of aryl methyl sites for hydroxylation is 1. The average molecular weight is 258 g/mol. The Balaban J connectivity index is 2.54. The monoisotopic (exact) mass is 257 g/mol. The fourth-order valence-electron chi connectivity index (χ4n) is 1.19. The number of aromatic nitrogens is 3. The first-order chi connectivity index (χ1) is 7.56. The summed E-state index contributed by atoms with van der Waals surface area (Å²) >= 11 is 11.3. The van der Waals surface area contributed by atoms with E-state index in [4.69, 9.17) is 23.2 Å². The number of hydrogen-bond acceptors (Lipinski definition) is 3. The van der Waals surface area contributed by atoms with E-state index < -0.39 is 0 Å². The van der Waals surface area contributed by atoms with Crippen molar-refractivity contribution in [1.29, 1.82) is 0 Å². The maximum absolute atomic E-state index is 13.3. The minimum Gasteiger partial charge on any atom is -0.207 e. The maximum atomic E-state index is 13.3. The molecule has 0 saturated carbocycles. The Kier molecular flexibility index (Phi) is 3.03. The number of halogens is 3. The molecule has 1 aromatic carbocycles. The van der Waals surface area contributed by atoms with Crippen LogP contribution in [0.15, 0.2) is 18.2 Å². The molecule has 0 N–H and O–H groups in total. The molecule has 0 aliphatic rings. The van der Waals surface area contributed by atoms with Crippen LogP contribution in [0.5, 0.6) is 0 Å².